The number of ether oxygens (including phenoxy) is 1. The molecule has 8 heteroatoms. The lowest BCUT2D eigenvalue weighted by atomic mass is 10.1. The number of para-hydroxylation sites is 2. The van der Waals surface area contributed by atoms with Gasteiger partial charge in [0, 0.05) is 11.6 Å². The molecule has 0 spiro atoms. The van der Waals surface area contributed by atoms with Crippen LogP contribution < -0.4 is 10.1 Å². The highest BCUT2D eigenvalue weighted by atomic mass is 35.5. The Balaban J connectivity index is 1.60. The highest BCUT2D eigenvalue weighted by Crippen LogP contribution is 2.30. The molecule has 0 radical (unpaired) electrons. The van der Waals surface area contributed by atoms with Crippen molar-refractivity contribution in [2.24, 2.45) is 0 Å². The van der Waals surface area contributed by atoms with Gasteiger partial charge in [-0.05, 0) is 31.2 Å². The van der Waals surface area contributed by atoms with Gasteiger partial charge in [-0.2, -0.15) is 10.2 Å². The Hall–Kier alpha value is -3.58. The number of aromatic amines is 1. The number of rotatable bonds is 5. The molecule has 2 heterocycles. The number of amides is 1. The second kappa shape index (κ2) is 7.81. The predicted octanol–water partition coefficient (Wildman–Crippen LogP) is 4.49. The standard InChI is InChI=1S/C21H18ClN5O2/c1-13-19(20(22)27(26-13)14-8-4-3-5-9-14)21(28)23-18-12-16(24-25-18)15-10-6-7-11-17(15)29-2/h3-12H,1-2H3,(H2,23,24,25,28). The molecular formula is C21H18ClN5O2. The first-order chi connectivity index (χ1) is 14.1. The minimum absolute atomic E-state index is 0.242. The number of H-pyrrole nitrogens is 1. The quantitative estimate of drug-likeness (QED) is 0.510. The number of benzene rings is 2. The van der Waals surface area contributed by atoms with Crippen LogP contribution in [0.5, 0.6) is 5.75 Å². The minimum Gasteiger partial charge on any atom is -0.496 e. The van der Waals surface area contributed by atoms with E-state index >= 15 is 0 Å². The zero-order valence-corrected chi connectivity index (χ0v) is 16.6. The summed E-state index contributed by atoms with van der Waals surface area (Å²) in [5.41, 5.74) is 3.17. The van der Waals surface area contributed by atoms with E-state index in [1.54, 1.807) is 20.1 Å². The topological polar surface area (TPSA) is 84.8 Å². The lowest BCUT2D eigenvalue weighted by Crippen LogP contribution is -2.13. The molecule has 0 aliphatic rings. The van der Waals surface area contributed by atoms with Crippen molar-refractivity contribution in [1.29, 1.82) is 0 Å². The number of halogens is 1. The Kier molecular flexibility index (Phi) is 5.05. The van der Waals surface area contributed by atoms with Crippen molar-refractivity contribution in [3.05, 3.63) is 77.1 Å². The number of nitrogens with zero attached hydrogens (tertiary/aromatic N) is 3. The van der Waals surface area contributed by atoms with E-state index in [2.05, 4.69) is 20.6 Å². The van der Waals surface area contributed by atoms with Crippen LogP contribution in [0.2, 0.25) is 5.15 Å². The number of carbonyl (C=O) groups excluding carboxylic acids is 1. The molecule has 0 aliphatic heterocycles. The normalized spacial score (nSPS) is 10.7. The minimum atomic E-state index is -0.382. The maximum atomic E-state index is 12.8. The molecule has 0 atom stereocenters. The first-order valence-corrected chi connectivity index (χ1v) is 9.27. The molecule has 1 amide bonds. The van der Waals surface area contributed by atoms with Gasteiger partial charge in [0.15, 0.2) is 5.82 Å². The zero-order chi connectivity index (χ0) is 20.4. The van der Waals surface area contributed by atoms with Crippen molar-refractivity contribution >= 4 is 23.3 Å². The Bertz CT molecular complexity index is 1170. The summed E-state index contributed by atoms with van der Waals surface area (Å²) in [4.78, 5) is 12.8. The summed E-state index contributed by atoms with van der Waals surface area (Å²) >= 11 is 6.46. The van der Waals surface area contributed by atoms with Crippen molar-refractivity contribution in [2.75, 3.05) is 12.4 Å². The predicted molar refractivity (Wildman–Crippen MR) is 112 cm³/mol. The van der Waals surface area contributed by atoms with E-state index in [9.17, 15) is 4.79 Å². The van der Waals surface area contributed by atoms with Gasteiger partial charge in [0.25, 0.3) is 5.91 Å². The van der Waals surface area contributed by atoms with Crippen LogP contribution in [0.3, 0.4) is 0 Å². The molecule has 2 aromatic carbocycles. The highest BCUT2D eigenvalue weighted by molar-refractivity contribution is 6.34. The van der Waals surface area contributed by atoms with E-state index < -0.39 is 0 Å². The molecular weight excluding hydrogens is 390 g/mol. The van der Waals surface area contributed by atoms with Crippen LogP contribution in [0, 0.1) is 6.92 Å². The summed E-state index contributed by atoms with van der Waals surface area (Å²) in [7, 11) is 1.60. The summed E-state index contributed by atoms with van der Waals surface area (Å²) in [5, 5.41) is 14.5. The Morgan fingerprint density at radius 2 is 1.86 bits per heavy atom. The third kappa shape index (κ3) is 3.60. The van der Waals surface area contributed by atoms with E-state index in [1.165, 1.54) is 4.68 Å². The zero-order valence-electron chi connectivity index (χ0n) is 15.8. The average Bonchev–Trinajstić information content (AvgIpc) is 3.32. The maximum Gasteiger partial charge on any atom is 0.261 e. The summed E-state index contributed by atoms with van der Waals surface area (Å²) in [6, 6.07) is 18.7. The molecule has 2 aromatic heterocycles. The number of aromatic nitrogens is 4. The van der Waals surface area contributed by atoms with Crippen molar-refractivity contribution < 1.29 is 9.53 Å². The molecule has 4 rings (SSSR count). The fourth-order valence-corrected chi connectivity index (χ4v) is 3.42. The lowest BCUT2D eigenvalue weighted by molar-refractivity contribution is 0.102. The molecule has 0 saturated carbocycles. The second-order valence-electron chi connectivity index (χ2n) is 6.32. The number of methoxy groups -OCH3 is 1. The SMILES string of the molecule is COc1ccccc1-c1cc(NC(=O)c2c(C)nn(-c3ccccc3)c2Cl)n[nH]1. The number of aryl methyl sites for hydroxylation is 1. The summed E-state index contributed by atoms with van der Waals surface area (Å²) in [5.74, 6) is 0.698. The molecule has 0 fully saturated rings. The smallest absolute Gasteiger partial charge is 0.261 e. The highest BCUT2D eigenvalue weighted by Gasteiger charge is 2.22. The van der Waals surface area contributed by atoms with E-state index in [1.807, 2.05) is 54.6 Å². The largest absolute Gasteiger partial charge is 0.496 e. The number of nitrogens with one attached hydrogen (secondary N) is 2. The lowest BCUT2D eigenvalue weighted by Gasteiger charge is -2.05. The molecule has 2 N–H and O–H groups in total. The van der Waals surface area contributed by atoms with Crippen LogP contribution in [0.4, 0.5) is 5.82 Å². The van der Waals surface area contributed by atoms with E-state index in [4.69, 9.17) is 16.3 Å². The van der Waals surface area contributed by atoms with E-state index in [0.29, 0.717) is 22.8 Å². The van der Waals surface area contributed by atoms with Crippen molar-refractivity contribution in [2.45, 2.75) is 6.92 Å². The van der Waals surface area contributed by atoms with Gasteiger partial charge in [-0.3, -0.25) is 9.89 Å². The van der Waals surface area contributed by atoms with Gasteiger partial charge in [0.1, 0.15) is 16.5 Å². The molecule has 0 saturated heterocycles. The molecule has 7 nitrogen and oxygen atoms in total. The third-order valence-corrected chi connectivity index (χ3v) is 4.80. The van der Waals surface area contributed by atoms with Crippen molar-refractivity contribution in [1.82, 2.24) is 20.0 Å². The van der Waals surface area contributed by atoms with Crippen molar-refractivity contribution in [3.63, 3.8) is 0 Å². The molecule has 4 aromatic rings. The first-order valence-electron chi connectivity index (χ1n) is 8.89. The van der Waals surface area contributed by atoms with Gasteiger partial charge < -0.3 is 10.1 Å². The molecule has 0 bridgehead atoms. The average molecular weight is 408 g/mol. The number of carbonyl (C=O) groups is 1. The van der Waals surface area contributed by atoms with Crippen LogP contribution in [0.25, 0.3) is 16.9 Å². The van der Waals surface area contributed by atoms with Crippen LogP contribution >= 0.6 is 11.6 Å². The van der Waals surface area contributed by atoms with Gasteiger partial charge in [0.2, 0.25) is 0 Å². The summed E-state index contributed by atoms with van der Waals surface area (Å²) in [6.45, 7) is 1.74. The number of anilines is 1. The fraction of sp³-hybridized carbons (Fsp3) is 0.0952. The second-order valence-corrected chi connectivity index (χ2v) is 6.68. The summed E-state index contributed by atoms with van der Waals surface area (Å²) < 4.78 is 6.91. The Morgan fingerprint density at radius 1 is 1.14 bits per heavy atom. The van der Waals surface area contributed by atoms with E-state index in [-0.39, 0.29) is 11.1 Å². The number of hydrogen-bond donors (Lipinski definition) is 2. The molecule has 146 valence electrons. The molecule has 0 aliphatic carbocycles. The van der Waals surface area contributed by atoms with Gasteiger partial charge in [-0.1, -0.05) is 41.9 Å². The summed E-state index contributed by atoms with van der Waals surface area (Å²) in [6.07, 6.45) is 0. The van der Waals surface area contributed by atoms with Crippen LogP contribution in [-0.2, 0) is 0 Å². The van der Waals surface area contributed by atoms with Crippen LogP contribution in [0.1, 0.15) is 16.1 Å². The van der Waals surface area contributed by atoms with Gasteiger partial charge >= 0.3 is 0 Å². The number of hydrogen-bond acceptors (Lipinski definition) is 4. The molecule has 0 unspecified atom stereocenters. The monoisotopic (exact) mass is 407 g/mol. The molecule has 29 heavy (non-hydrogen) atoms. The maximum absolute atomic E-state index is 12.8. The van der Waals surface area contributed by atoms with Crippen LogP contribution in [-0.4, -0.2) is 33.0 Å². The van der Waals surface area contributed by atoms with E-state index in [0.717, 1.165) is 16.9 Å². The fourth-order valence-electron chi connectivity index (χ4n) is 3.07. The van der Waals surface area contributed by atoms with Gasteiger partial charge in [-0.25, -0.2) is 4.68 Å². The Labute approximate surface area is 172 Å². The van der Waals surface area contributed by atoms with Crippen molar-refractivity contribution in [3.8, 4) is 22.7 Å². The van der Waals surface area contributed by atoms with Gasteiger partial charge in [-0.15, -0.1) is 0 Å². The third-order valence-electron chi connectivity index (χ3n) is 4.45. The van der Waals surface area contributed by atoms with Gasteiger partial charge in [0.05, 0.1) is 24.2 Å². The first kappa shape index (κ1) is 18.8. The Morgan fingerprint density at radius 3 is 2.62 bits per heavy atom. The van der Waals surface area contributed by atoms with Crippen LogP contribution in [0.15, 0.2) is 60.7 Å².